The normalized spacial score (nSPS) is 38.5. The van der Waals surface area contributed by atoms with Gasteiger partial charge in [0.05, 0.1) is 13.7 Å². The average molecular weight is 301 g/mol. The van der Waals surface area contributed by atoms with Gasteiger partial charge in [-0.25, -0.2) is 4.79 Å². The number of likely N-dealkylation sites (N-methyl/N-ethyl adjacent to an activating group) is 1. The average Bonchev–Trinajstić information content (AvgIpc) is 2.85. The first-order valence-electron chi connectivity index (χ1n) is 7.17. The minimum atomic E-state index is -1.47. The minimum absolute atomic E-state index is 0.233. The second-order valence-electron chi connectivity index (χ2n) is 5.48. The van der Waals surface area contributed by atoms with E-state index in [0.29, 0.717) is 13.0 Å². The summed E-state index contributed by atoms with van der Waals surface area (Å²) in [6.45, 7) is 6.04. The summed E-state index contributed by atoms with van der Waals surface area (Å²) in [7, 11) is 3.02. The number of nitrogens with zero attached hydrogens (tertiary/aromatic N) is 1. The summed E-state index contributed by atoms with van der Waals surface area (Å²) in [5, 5.41) is 0. The van der Waals surface area contributed by atoms with E-state index in [1.54, 1.807) is 18.9 Å². The Kier molecular flexibility index (Phi) is 4.28. The first-order valence-corrected chi connectivity index (χ1v) is 7.17. The van der Waals surface area contributed by atoms with Gasteiger partial charge in [-0.15, -0.1) is 0 Å². The Morgan fingerprint density at radius 2 is 2.00 bits per heavy atom. The molecular formula is C14H23NO6. The number of carbonyl (C=O) groups is 2. The lowest BCUT2D eigenvalue weighted by molar-refractivity contribution is -0.183. The van der Waals surface area contributed by atoms with Gasteiger partial charge in [0.1, 0.15) is 11.8 Å². The summed E-state index contributed by atoms with van der Waals surface area (Å²) in [5.74, 6) is -1.11. The number of piperidine rings is 1. The van der Waals surface area contributed by atoms with Crippen molar-refractivity contribution in [2.24, 2.45) is 0 Å². The maximum Gasteiger partial charge on any atom is 0.343 e. The lowest BCUT2D eigenvalue weighted by atomic mass is 9.82. The van der Waals surface area contributed by atoms with Crippen LogP contribution in [0, 0.1) is 0 Å². The molecule has 0 aromatic rings. The number of esters is 2. The van der Waals surface area contributed by atoms with E-state index in [2.05, 4.69) is 0 Å². The van der Waals surface area contributed by atoms with Gasteiger partial charge in [-0.05, 0) is 27.8 Å². The Morgan fingerprint density at radius 3 is 2.52 bits per heavy atom. The van der Waals surface area contributed by atoms with E-state index in [1.165, 1.54) is 7.11 Å². The van der Waals surface area contributed by atoms with Crippen molar-refractivity contribution in [1.29, 1.82) is 0 Å². The molecular weight excluding hydrogens is 278 g/mol. The number of hydrogen-bond acceptors (Lipinski definition) is 7. The molecule has 2 fully saturated rings. The van der Waals surface area contributed by atoms with Crippen LogP contribution in [0.15, 0.2) is 0 Å². The first-order chi connectivity index (χ1) is 9.87. The van der Waals surface area contributed by atoms with Crippen LogP contribution in [-0.4, -0.2) is 67.7 Å². The van der Waals surface area contributed by atoms with E-state index in [4.69, 9.17) is 18.9 Å². The molecule has 7 heteroatoms. The number of ether oxygens (including phenoxy) is 4. The quantitative estimate of drug-likeness (QED) is 0.677. The van der Waals surface area contributed by atoms with Gasteiger partial charge in [0.25, 0.3) is 0 Å². The second-order valence-corrected chi connectivity index (χ2v) is 5.48. The van der Waals surface area contributed by atoms with Gasteiger partial charge in [0.2, 0.25) is 5.60 Å². The highest BCUT2D eigenvalue weighted by Gasteiger charge is 2.75. The molecule has 2 saturated heterocycles. The van der Waals surface area contributed by atoms with E-state index in [9.17, 15) is 9.59 Å². The van der Waals surface area contributed by atoms with E-state index < -0.39 is 35.4 Å². The fraction of sp³-hybridized carbons (Fsp3) is 0.857. The van der Waals surface area contributed by atoms with Crippen LogP contribution in [0.1, 0.15) is 27.2 Å². The van der Waals surface area contributed by atoms with Crippen molar-refractivity contribution in [2.75, 3.05) is 27.4 Å². The molecule has 0 radical (unpaired) electrons. The van der Waals surface area contributed by atoms with Crippen LogP contribution in [0.25, 0.3) is 0 Å². The molecule has 0 aromatic carbocycles. The zero-order chi connectivity index (χ0) is 15.8. The van der Waals surface area contributed by atoms with Crippen LogP contribution in [0.3, 0.4) is 0 Å². The first kappa shape index (κ1) is 16.2. The lowest BCUT2D eigenvalue weighted by Crippen LogP contribution is -2.65. The lowest BCUT2D eigenvalue weighted by Gasteiger charge is -2.40. The topological polar surface area (TPSA) is 74.3 Å². The Balaban J connectivity index is 2.46. The number of methoxy groups -OCH3 is 1. The number of rotatable bonds is 5. The summed E-state index contributed by atoms with van der Waals surface area (Å²) in [4.78, 5) is 26.5. The summed E-state index contributed by atoms with van der Waals surface area (Å²) in [6.07, 6.45) is -0.0481. The van der Waals surface area contributed by atoms with Crippen molar-refractivity contribution in [3.8, 4) is 0 Å². The zero-order valence-electron chi connectivity index (χ0n) is 13.2. The second kappa shape index (κ2) is 5.55. The Labute approximate surface area is 124 Å². The van der Waals surface area contributed by atoms with Crippen LogP contribution >= 0.6 is 0 Å². The van der Waals surface area contributed by atoms with Gasteiger partial charge in [0, 0.05) is 13.0 Å². The highest BCUT2D eigenvalue weighted by molar-refractivity contribution is 5.92. The van der Waals surface area contributed by atoms with Gasteiger partial charge >= 0.3 is 11.9 Å². The summed E-state index contributed by atoms with van der Waals surface area (Å²) < 4.78 is 21.7. The molecule has 2 heterocycles. The molecule has 0 amide bonds. The van der Waals surface area contributed by atoms with Crippen LogP contribution in [0.4, 0.5) is 0 Å². The third kappa shape index (κ3) is 2.15. The van der Waals surface area contributed by atoms with Crippen molar-refractivity contribution >= 4 is 11.9 Å². The maximum atomic E-state index is 12.4. The molecule has 2 rings (SSSR count). The predicted molar refractivity (Wildman–Crippen MR) is 72.5 cm³/mol. The molecule has 4 atom stereocenters. The molecule has 0 unspecified atom stereocenters. The van der Waals surface area contributed by atoms with Gasteiger partial charge in [-0.2, -0.15) is 0 Å². The summed E-state index contributed by atoms with van der Waals surface area (Å²) >= 11 is 0. The molecule has 21 heavy (non-hydrogen) atoms. The summed E-state index contributed by atoms with van der Waals surface area (Å²) in [6, 6.07) is -0.875. The Bertz CT molecular complexity index is 441. The highest BCUT2D eigenvalue weighted by Crippen LogP contribution is 2.52. The fourth-order valence-electron chi connectivity index (χ4n) is 3.36. The zero-order valence-corrected chi connectivity index (χ0v) is 13.2. The number of hydrogen-bond donors (Lipinski definition) is 0. The van der Waals surface area contributed by atoms with Gasteiger partial charge in [-0.3, -0.25) is 9.69 Å². The fourth-order valence-corrected chi connectivity index (χ4v) is 3.36. The van der Waals surface area contributed by atoms with Crippen LogP contribution in [-0.2, 0) is 28.5 Å². The van der Waals surface area contributed by atoms with Crippen molar-refractivity contribution in [1.82, 2.24) is 4.90 Å². The largest absolute Gasteiger partial charge is 0.467 e. The molecule has 0 saturated carbocycles. The van der Waals surface area contributed by atoms with Crippen molar-refractivity contribution in [2.45, 2.75) is 50.7 Å². The summed E-state index contributed by atoms with van der Waals surface area (Å²) in [5.41, 5.74) is -2.23. The Morgan fingerprint density at radius 1 is 1.33 bits per heavy atom. The molecule has 120 valence electrons. The SMILES string of the molecule is CCOC(=O)[C@H]1N(C)[C@@]2(C)C[C@@H](OCC)[C@]1(C(=O)OC)O2. The van der Waals surface area contributed by atoms with E-state index in [-0.39, 0.29) is 6.61 Å². The van der Waals surface area contributed by atoms with Crippen molar-refractivity contribution in [3.63, 3.8) is 0 Å². The smallest absolute Gasteiger partial charge is 0.343 e. The van der Waals surface area contributed by atoms with E-state index in [0.717, 1.165) is 0 Å². The molecule has 0 spiro atoms. The maximum absolute atomic E-state index is 12.4. The Hall–Kier alpha value is -1.18. The number of carbonyl (C=O) groups excluding carboxylic acids is 2. The molecule has 2 bridgehead atoms. The number of likely N-dealkylation sites (tertiary alicyclic amines) is 1. The standard InChI is InChI=1S/C14H23NO6/c1-6-19-9-8-13(3)15(4)10(11(16)20-7-2)14(9,21-13)12(17)18-5/h9-10H,6-8H2,1-5H3/t9-,10-,13-,14+/m1/s1. The molecule has 0 aliphatic carbocycles. The molecule has 7 nitrogen and oxygen atoms in total. The minimum Gasteiger partial charge on any atom is -0.467 e. The van der Waals surface area contributed by atoms with E-state index >= 15 is 0 Å². The monoisotopic (exact) mass is 301 g/mol. The molecule has 0 aromatic heterocycles. The third-order valence-electron chi connectivity index (χ3n) is 4.35. The van der Waals surface area contributed by atoms with Crippen LogP contribution < -0.4 is 0 Å². The number of fused-ring (bicyclic) bond motifs is 2. The van der Waals surface area contributed by atoms with Crippen LogP contribution in [0.5, 0.6) is 0 Å². The van der Waals surface area contributed by atoms with Gasteiger partial charge in [0.15, 0.2) is 6.04 Å². The molecule has 2 aliphatic heterocycles. The third-order valence-corrected chi connectivity index (χ3v) is 4.35. The van der Waals surface area contributed by atoms with Crippen LogP contribution in [0.2, 0.25) is 0 Å². The molecule has 0 N–H and O–H groups in total. The van der Waals surface area contributed by atoms with Crippen molar-refractivity contribution < 1.29 is 28.5 Å². The van der Waals surface area contributed by atoms with E-state index in [1.807, 2.05) is 13.8 Å². The predicted octanol–water partition coefficient (Wildman–Crippen LogP) is 0.317. The van der Waals surface area contributed by atoms with Gasteiger partial charge in [-0.1, -0.05) is 0 Å². The highest BCUT2D eigenvalue weighted by atomic mass is 16.6. The molecule has 2 aliphatic rings. The van der Waals surface area contributed by atoms with Gasteiger partial charge < -0.3 is 18.9 Å². The van der Waals surface area contributed by atoms with Crippen molar-refractivity contribution in [3.05, 3.63) is 0 Å².